The van der Waals surface area contributed by atoms with Gasteiger partial charge in [0.2, 0.25) is 15.9 Å². The number of halogens is 6. The zero-order chi connectivity index (χ0) is 29.3. The molecule has 0 saturated carbocycles. The third kappa shape index (κ3) is 11.3. The highest BCUT2D eigenvalue weighted by atomic mass is 32.2. The van der Waals surface area contributed by atoms with E-state index in [0.29, 0.717) is 25.5 Å². The highest BCUT2D eigenvalue weighted by Gasteiger charge is 2.38. The van der Waals surface area contributed by atoms with Gasteiger partial charge in [0.15, 0.2) is 0 Å². The third-order valence-electron chi connectivity index (χ3n) is 4.50. The van der Waals surface area contributed by atoms with Gasteiger partial charge in [-0.1, -0.05) is 6.07 Å². The summed E-state index contributed by atoms with van der Waals surface area (Å²) in [6.07, 6.45) is -3.72. The molecule has 1 aliphatic heterocycles. The van der Waals surface area contributed by atoms with Crippen LogP contribution in [0, 0.1) is 0 Å². The number of aromatic nitrogens is 3. The van der Waals surface area contributed by atoms with Gasteiger partial charge in [-0.05, 0) is 6.07 Å². The van der Waals surface area contributed by atoms with E-state index >= 15 is 0 Å². The molecule has 1 atom stereocenters. The second-order valence-corrected chi connectivity index (χ2v) is 9.35. The van der Waals surface area contributed by atoms with Gasteiger partial charge in [0.25, 0.3) is 0 Å². The molecular formula is C19H23F6N5O7S. The summed E-state index contributed by atoms with van der Waals surface area (Å²) in [7, 11) is -1.62. The van der Waals surface area contributed by atoms with Crippen molar-refractivity contribution in [1.29, 1.82) is 0 Å². The summed E-state index contributed by atoms with van der Waals surface area (Å²) in [5.74, 6) is -4.90. The molecule has 0 fully saturated rings. The van der Waals surface area contributed by atoms with E-state index in [1.54, 1.807) is 19.6 Å². The Labute approximate surface area is 211 Å². The van der Waals surface area contributed by atoms with Crippen molar-refractivity contribution in [3.8, 4) is 5.88 Å². The normalized spacial score (nSPS) is 15.7. The van der Waals surface area contributed by atoms with Crippen molar-refractivity contribution >= 4 is 22.0 Å². The van der Waals surface area contributed by atoms with E-state index < -0.39 is 34.3 Å². The molecule has 3 N–H and O–H groups in total. The van der Waals surface area contributed by atoms with Crippen LogP contribution >= 0.6 is 0 Å². The fourth-order valence-electron chi connectivity index (χ4n) is 2.96. The molecule has 3 rings (SSSR count). The molecule has 0 spiro atoms. The lowest BCUT2D eigenvalue weighted by Gasteiger charge is -2.34. The number of nitrogens with one attached hydrogen (secondary N) is 1. The minimum Gasteiger partial charge on any atom is -0.481 e. The Hall–Kier alpha value is -3.45. The van der Waals surface area contributed by atoms with E-state index in [0.717, 1.165) is 17.8 Å². The molecule has 0 saturated heterocycles. The Bertz CT molecular complexity index is 1160. The van der Waals surface area contributed by atoms with E-state index in [4.69, 9.17) is 24.5 Å². The Morgan fingerprint density at radius 3 is 2.18 bits per heavy atom. The molecule has 214 valence electrons. The number of rotatable bonds is 6. The van der Waals surface area contributed by atoms with Gasteiger partial charge in [-0.15, -0.1) is 0 Å². The molecule has 19 heteroatoms. The number of carbonyl (C=O) groups is 2. The van der Waals surface area contributed by atoms with Crippen LogP contribution in [0.15, 0.2) is 30.9 Å². The molecule has 2 aromatic rings. The largest absolute Gasteiger partial charge is 0.490 e. The number of carboxylic acid groups (broad SMARTS) is 2. The fraction of sp³-hybridized carbons (Fsp3) is 0.474. The summed E-state index contributed by atoms with van der Waals surface area (Å²) in [6.45, 7) is 2.47. The molecule has 0 amide bonds. The first-order valence-corrected chi connectivity index (χ1v) is 12.0. The predicted molar refractivity (Wildman–Crippen MR) is 116 cm³/mol. The maximum Gasteiger partial charge on any atom is 0.490 e. The molecule has 1 unspecified atom stereocenters. The molecule has 0 aliphatic carbocycles. The average Bonchev–Trinajstić information content (AvgIpc) is 3.25. The number of fused-ring (bicyclic) bond motifs is 1. The lowest BCUT2D eigenvalue weighted by atomic mass is 10.1. The first-order valence-electron chi connectivity index (χ1n) is 10.1. The van der Waals surface area contributed by atoms with E-state index in [-0.39, 0.29) is 6.04 Å². The fourth-order valence-corrected chi connectivity index (χ4v) is 3.46. The van der Waals surface area contributed by atoms with Crippen LogP contribution in [0.2, 0.25) is 0 Å². The van der Waals surface area contributed by atoms with Gasteiger partial charge in [0, 0.05) is 44.1 Å². The van der Waals surface area contributed by atoms with Crippen molar-refractivity contribution in [2.45, 2.75) is 31.5 Å². The second kappa shape index (κ2) is 13.4. The van der Waals surface area contributed by atoms with E-state index in [9.17, 15) is 34.8 Å². The number of imidazole rings is 1. The molecule has 0 bridgehead atoms. The van der Waals surface area contributed by atoms with Crippen LogP contribution in [0.4, 0.5) is 26.3 Å². The van der Waals surface area contributed by atoms with Crippen molar-refractivity contribution in [2.24, 2.45) is 0 Å². The van der Waals surface area contributed by atoms with Crippen LogP contribution in [0.5, 0.6) is 5.88 Å². The van der Waals surface area contributed by atoms with Gasteiger partial charge >= 0.3 is 24.3 Å². The first kappa shape index (κ1) is 32.6. The first-order chi connectivity index (χ1) is 17.3. The highest BCUT2D eigenvalue weighted by Crippen LogP contribution is 2.24. The summed E-state index contributed by atoms with van der Waals surface area (Å²) >= 11 is 0. The van der Waals surface area contributed by atoms with Crippen LogP contribution in [-0.2, 0) is 32.7 Å². The number of carboxylic acids is 2. The van der Waals surface area contributed by atoms with Crippen molar-refractivity contribution in [3.05, 3.63) is 42.1 Å². The van der Waals surface area contributed by atoms with Gasteiger partial charge in [-0.25, -0.2) is 32.7 Å². The van der Waals surface area contributed by atoms with Crippen LogP contribution < -0.4 is 9.46 Å². The standard InChI is InChI=1S/C15H21N5O3S.2C2HF3O2/c1-23-15-12(4-3-5-17-15)8-19-9-13-6-16-11-20(13)14(10-19)7-18-24(2,21)22;2*3-2(4,5)1(6)7/h3-6,11,14,18H,7-10H2,1-2H3;2*(H,6,7). The number of aliphatic carboxylic acids is 2. The molecule has 3 heterocycles. The number of methoxy groups -OCH3 is 1. The monoisotopic (exact) mass is 579 g/mol. The SMILES string of the molecule is COc1ncccc1CN1Cc2cncn2C(CNS(C)(=O)=O)C1.O=C(O)C(F)(F)F.O=C(O)C(F)(F)F. The third-order valence-corrected chi connectivity index (χ3v) is 5.19. The number of pyridine rings is 1. The maximum absolute atomic E-state index is 11.4. The minimum absolute atomic E-state index is 0.00589. The zero-order valence-electron chi connectivity index (χ0n) is 19.7. The molecular weight excluding hydrogens is 556 g/mol. The van der Waals surface area contributed by atoms with Crippen molar-refractivity contribution in [3.63, 3.8) is 0 Å². The number of alkyl halides is 6. The van der Waals surface area contributed by atoms with Gasteiger partial charge < -0.3 is 19.5 Å². The molecule has 2 aromatic heterocycles. The van der Waals surface area contributed by atoms with Gasteiger partial charge in [-0.3, -0.25) is 4.90 Å². The van der Waals surface area contributed by atoms with E-state index in [2.05, 4.69) is 19.6 Å². The lowest BCUT2D eigenvalue weighted by Crippen LogP contribution is -2.41. The summed E-state index contributed by atoms with van der Waals surface area (Å²) in [6, 6.07) is 3.87. The Morgan fingerprint density at radius 1 is 1.16 bits per heavy atom. The van der Waals surface area contributed by atoms with Crippen molar-refractivity contribution in [1.82, 2.24) is 24.2 Å². The van der Waals surface area contributed by atoms with E-state index in [1.165, 1.54) is 6.26 Å². The quantitative estimate of drug-likeness (QED) is 0.429. The summed E-state index contributed by atoms with van der Waals surface area (Å²) in [5.41, 5.74) is 2.06. The van der Waals surface area contributed by atoms with Gasteiger partial charge in [0.1, 0.15) is 0 Å². The molecule has 0 radical (unpaired) electrons. The number of ether oxygens (including phenoxy) is 1. The molecule has 1 aliphatic rings. The summed E-state index contributed by atoms with van der Waals surface area (Å²) < 4.78 is 96.2. The summed E-state index contributed by atoms with van der Waals surface area (Å²) in [4.78, 5) is 28.5. The van der Waals surface area contributed by atoms with Crippen LogP contribution in [0.3, 0.4) is 0 Å². The topological polar surface area (TPSA) is 164 Å². The highest BCUT2D eigenvalue weighted by molar-refractivity contribution is 7.88. The Balaban J connectivity index is 0.000000426. The minimum atomic E-state index is -5.08. The van der Waals surface area contributed by atoms with Crippen molar-refractivity contribution < 1.29 is 59.3 Å². The second-order valence-electron chi connectivity index (χ2n) is 7.51. The van der Waals surface area contributed by atoms with Gasteiger partial charge in [-0.2, -0.15) is 26.3 Å². The average molecular weight is 579 g/mol. The number of hydrogen-bond donors (Lipinski definition) is 3. The molecule has 0 aromatic carbocycles. The maximum atomic E-state index is 11.4. The number of sulfonamides is 1. The lowest BCUT2D eigenvalue weighted by molar-refractivity contribution is -0.193. The van der Waals surface area contributed by atoms with Crippen LogP contribution in [0.1, 0.15) is 17.3 Å². The van der Waals surface area contributed by atoms with Crippen LogP contribution in [-0.4, -0.2) is 88.8 Å². The van der Waals surface area contributed by atoms with Gasteiger partial charge in [0.05, 0.1) is 31.4 Å². The Kier molecular flexibility index (Phi) is 11.5. The van der Waals surface area contributed by atoms with E-state index in [1.807, 2.05) is 22.9 Å². The Morgan fingerprint density at radius 2 is 1.71 bits per heavy atom. The number of hydrogen-bond acceptors (Lipinski definition) is 8. The zero-order valence-corrected chi connectivity index (χ0v) is 20.5. The van der Waals surface area contributed by atoms with Crippen molar-refractivity contribution in [2.75, 3.05) is 26.5 Å². The summed E-state index contributed by atoms with van der Waals surface area (Å²) in [5, 5.41) is 14.2. The number of nitrogens with zero attached hydrogens (tertiary/aromatic N) is 4. The molecule has 38 heavy (non-hydrogen) atoms. The van der Waals surface area contributed by atoms with Crippen LogP contribution in [0.25, 0.3) is 0 Å². The predicted octanol–water partition coefficient (Wildman–Crippen LogP) is 1.66. The smallest absolute Gasteiger partial charge is 0.481 e. The molecule has 12 nitrogen and oxygen atoms in total.